The van der Waals surface area contributed by atoms with Gasteiger partial charge in [0, 0.05) is 13.1 Å². The van der Waals surface area contributed by atoms with Gasteiger partial charge < -0.3 is 0 Å². The number of likely N-dealkylation sites (N-methyl/N-ethyl adjacent to an activating group) is 1. The summed E-state index contributed by atoms with van der Waals surface area (Å²) >= 11 is 0. The van der Waals surface area contributed by atoms with Gasteiger partial charge in [-0.25, -0.2) is 0 Å². The lowest BCUT2D eigenvalue weighted by Gasteiger charge is -2.17. The van der Waals surface area contributed by atoms with Crippen LogP contribution in [0.4, 0.5) is 0 Å². The van der Waals surface area contributed by atoms with Gasteiger partial charge in [0.2, 0.25) is 0 Å². The summed E-state index contributed by atoms with van der Waals surface area (Å²) in [5.74, 6) is 0. The highest BCUT2D eigenvalue weighted by Gasteiger charge is 2.00. The van der Waals surface area contributed by atoms with E-state index in [1.807, 2.05) is 0 Å². The predicted octanol–water partition coefficient (Wildman–Crippen LogP) is 1.04. The van der Waals surface area contributed by atoms with Crippen molar-refractivity contribution in [1.29, 1.82) is 0 Å². The lowest BCUT2D eigenvalue weighted by atomic mass is 10.2. The van der Waals surface area contributed by atoms with Gasteiger partial charge in [-0.3, -0.25) is 4.90 Å². The van der Waals surface area contributed by atoms with Crippen LogP contribution in [0.15, 0.2) is 24.3 Å². The molecule has 0 fully saturated rings. The number of hydrogen-bond acceptors (Lipinski definition) is 1. The normalized spacial score (nSPS) is 21.9. The molecule has 1 heterocycles. The first-order chi connectivity index (χ1) is 3.79. The Morgan fingerprint density at radius 3 is 2.88 bits per heavy atom. The highest BCUT2D eigenvalue weighted by molar-refractivity contribution is 5.19. The van der Waals surface area contributed by atoms with Crippen molar-refractivity contribution in [2.24, 2.45) is 0 Å². The van der Waals surface area contributed by atoms with Crippen molar-refractivity contribution >= 4 is 0 Å². The summed E-state index contributed by atoms with van der Waals surface area (Å²) < 4.78 is 0. The molecule has 1 rings (SSSR count). The first kappa shape index (κ1) is 5.57. The fourth-order valence-corrected chi connectivity index (χ4v) is 0.863. The zero-order chi connectivity index (χ0) is 5.98. The van der Waals surface area contributed by atoms with E-state index in [0.717, 1.165) is 13.1 Å². The summed E-state index contributed by atoms with van der Waals surface area (Å²) in [6.07, 6.45) is 4.21. The number of hydrogen-bond donors (Lipinski definition) is 0. The zero-order valence-electron chi connectivity index (χ0n) is 5.22. The van der Waals surface area contributed by atoms with Crippen LogP contribution >= 0.6 is 0 Å². The van der Waals surface area contributed by atoms with E-state index in [2.05, 4.69) is 30.7 Å². The van der Waals surface area contributed by atoms with Crippen LogP contribution in [0.5, 0.6) is 0 Å². The average Bonchev–Trinajstić information content (AvgIpc) is 1.64. The van der Waals surface area contributed by atoms with Gasteiger partial charge in [-0.1, -0.05) is 18.7 Å². The van der Waals surface area contributed by atoms with Gasteiger partial charge in [-0.15, -0.1) is 0 Å². The van der Waals surface area contributed by atoms with E-state index in [1.165, 1.54) is 5.57 Å². The van der Waals surface area contributed by atoms with Crippen molar-refractivity contribution in [2.75, 3.05) is 20.1 Å². The molecular weight excluding hydrogens is 98.1 g/mol. The lowest BCUT2D eigenvalue weighted by Crippen LogP contribution is -2.23. The molecule has 8 heavy (non-hydrogen) atoms. The Labute approximate surface area is 50.3 Å². The Bertz CT molecular complexity index is 124. The minimum absolute atomic E-state index is 1.02. The molecule has 1 aliphatic rings. The summed E-state index contributed by atoms with van der Waals surface area (Å²) in [7, 11) is 2.09. The lowest BCUT2D eigenvalue weighted by molar-refractivity contribution is 0.398. The van der Waals surface area contributed by atoms with E-state index in [-0.39, 0.29) is 0 Å². The second-order valence-corrected chi connectivity index (χ2v) is 2.26. The Kier molecular flexibility index (Phi) is 1.49. The predicted molar refractivity (Wildman–Crippen MR) is 35.8 cm³/mol. The monoisotopic (exact) mass is 109 g/mol. The van der Waals surface area contributed by atoms with Crippen LogP contribution in [-0.4, -0.2) is 25.0 Å². The van der Waals surface area contributed by atoms with E-state index < -0.39 is 0 Å². The molecule has 0 amide bonds. The van der Waals surface area contributed by atoms with Gasteiger partial charge in [0.1, 0.15) is 0 Å². The van der Waals surface area contributed by atoms with Gasteiger partial charge in [-0.2, -0.15) is 0 Å². The first-order valence-corrected chi connectivity index (χ1v) is 2.82. The Balaban J connectivity index is 2.54. The molecule has 0 N–H and O–H groups in total. The van der Waals surface area contributed by atoms with Crippen LogP contribution in [-0.2, 0) is 0 Å². The molecule has 44 valence electrons. The van der Waals surface area contributed by atoms with Crippen molar-refractivity contribution in [2.45, 2.75) is 0 Å². The molecule has 1 aliphatic heterocycles. The highest BCUT2D eigenvalue weighted by Crippen LogP contribution is 2.01. The molecule has 0 atom stereocenters. The number of nitrogens with zero attached hydrogens (tertiary/aromatic N) is 1. The van der Waals surface area contributed by atoms with Crippen LogP contribution in [0.25, 0.3) is 0 Å². The van der Waals surface area contributed by atoms with Crippen molar-refractivity contribution in [3.05, 3.63) is 24.3 Å². The summed E-state index contributed by atoms with van der Waals surface area (Å²) in [5.41, 5.74) is 1.21. The summed E-state index contributed by atoms with van der Waals surface area (Å²) in [6, 6.07) is 0. The smallest absolute Gasteiger partial charge is 0.0228 e. The molecule has 0 saturated heterocycles. The van der Waals surface area contributed by atoms with E-state index in [0.29, 0.717) is 0 Å². The van der Waals surface area contributed by atoms with Gasteiger partial charge >= 0.3 is 0 Å². The molecule has 0 aromatic heterocycles. The van der Waals surface area contributed by atoms with Crippen LogP contribution < -0.4 is 0 Å². The second-order valence-electron chi connectivity index (χ2n) is 2.26. The fourth-order valence-electron chi connectivity index (χ4n) is 0.863. The van der Waals surface area contributed by atoms with Crippen molar-refractivity contribution in [1.82, 2.24) is 4.90 Å². The van der Waals surface area contributed by atoms with Crippen LogP contribution in [0.3, 0.4) is 0 Å². The van der Waals surface area contributed by atoms with Gasteiger partial charge in [0.05, 0.1) is 0 Å². The molecule has 1 nitrogen and oxygen atoms in total. The Morgan fingerprint density at radius 1 is 1.75 bits per heavy atom. The van der Waals surface area contributed by atoms with Gasteiger partial charge in [0.25, 0.3) is 0 Å². The molecular formula is C7H11N. The van der Waals surface area contributed by atoms with Gasteiger partial charge in [0.15, 0.2) is 0 Å². The minimum Gasteiger partial charge on any atom is -0.298 e. The minimum atomic E-state index is 1.02. The summed E-state index contributed by atoms with van der Waals surface area (Å²) in [4.78, 5) is 2.22. The third-order valence-corrected chi connectivity index (χ3v) is 1.24. The zero-order valence-corrected chi connectivity index (χ0v) is 5.22. The molecule has 0 unspecified atom stereocenters. The third kappa shape index (κ3) is 1.20. The quantitative estimate of drug-likeness (QED) is 0.449. The Hall–Kier alpha value is -0.560. The summed E-state index contributed by atoms with van der Waals surface area (Å²) in [5, 5.41) is 0. The molecule has 0 aliphatic carbocycles. The van der Waals surface area contributed by atoms with Crippen LogP contribution in [0.2, 0.25) is 0 Å². The van der Waals surface area contributed by atoms with E-state index in [4.69, 9.17) is 0 Å². The van der Waals surface area contributed by atoms with Crippen LogP contribution in [0.1, 0.15) is 0 Å². The molecule has 0 bridgehead atoms. The molecule has 0 radical (unpaired) electrons. The van der Waals surface area contributed by atoms with E-state index in [1.54, 1.807) is 0 Å². The topological polar surface area (TPSA) is 3.24 Å². The molecule has 0 aromatic carbocycles. The maximum atomic E-state index is 3.84. The molecule has 1 heteroatoms. The molecule has 0 saturated carbocycles. The second kappa shape index (κ2) is 2.14. The number of rotatable bonds is 0. The van der Waals surface area contributed by atoms with Crippen molar-refractivity contribution < 1.29 is 0 Å². The SMILES string of the molecule is C=C1C=CCN(C)C1. The summed E-state index contributed by atoms with van der Waals surface area (Å²) in [6.45, 7) is 5.93. The van der Waals surface area contributed by atoms with Crippen molar-refractivity contribution in [3.63, 3.8) is 0 Å². The fraction of sp³-hybridized carbons (Fsp3) is 0.429. The van der Waals surface area contributed by atoms with E-state index in [9.17, 15) is 0 Å². The maximum Gasteiger partial charge on any atom is 0.0228 e. The average molecular weight is 109 g/mol. The molecule has 0 aromatic rings. The Morgan fingerprint density at radius 2 is 2.50 bits per heavy atom. The van der Waals surface area contributed by atoms with Crippen molar-refractivity contribution in [3.8, 4) is 0 Å². The van der Waals surface area contributed by atoms with E-state index >= 15 is 0 Å². The molecule has 0 spiro atoms. The van der Waals surface area contributed by atoms with Gasteiger partial charge in [-0.05, 0) is 12.6 Å². The standard InChI is InChI=1S/C7H11N/c1-7-4-3-5-8(2)6-7/h3-4H,1,5-6H2,2H3. The largest absolute Gasteiger partial charge is 0.298 e. The van der Waals surface area contributed by atoms with Crippen LogP contribution in [0, 0.1) is 0 Å². The maximum absolute atomic E-state index is 3.84. The first-order valence-electron chi connectivity index (χ1n) is 2.82. The third-order valence-electron chi connectivity index (χ3n) is 1.24. The highest BCUT2D eigenvalue weighted by atomic mass is 15.1.